The fourth-order valence-corrected chi connectivity index (χ4v) is 2.83. The van der Waals surface area contributed by atoms with Gasteiger partial charge in [-0.1, -0.05) is 57.7 Å². The quantitative estimate of drug-likeness (QED) is 0.676. The number of hydrogen-bond acceptors (Lipinski definition) is 2. The zero-order valence-electron chi connectivity index (χ0n) is 13.0. The molecule has 0 bridgehead atoms. The van der Waals surface area contributed by atoms with Crippen molar-refractivity contribution in [1.29, 1.82) is 0 Å². The molecule has 0 amide bonds. The fourth-order valence-electron chi connectivity index (χ4n) is 2.83. The Bertz CT molecular complexity index is 389. The van der Waals surface area contributed by atoms with E-state index in [-0.39, 0.29) is 0 Å². The van der Waals surface area contributed by atoms with Crippen LogP contribution in [0.15, 0.2) is 24.3 Å². The highest BCUT2D eigenvalue weighted by atomic mass is 16.5. The van der Waals surface area contributed by atoms with Crippen molar-refractivity contribution in [1.82, 2.24) is 5.32 Å². The van der Waals surface area contributed by atoms with Crippen molar-refractivity contribution in [3.63, 3.8) is 0 Å². The summed E-state index contributed by atoms with van der Waals surface area (Å²) in [7, 11) is 0. The topological polar surface area (TPSA) is 21.3 Å². The minimum absolute atomic E-state index is 0.534. The Balaban J connectivity index is 1.52. The predicted octanol–water partition coefficient (Wildman–Crippen LogP) is 4.36. The summed E-state index contributed by atoms with van der Waals surface area (Å²) in [6, 6.07) is 8.42. The second-order valence-electron chi connectivity index (χ2n) is 6.35. The van der Waals surface area contributed by atoms with Gasteiger partial charge < -0.3 is 10.1 Å². The zero-order valence-corrected chi connectivity index (χ0v) is 13.0. The van der Waals surface area contributed by atoms with Crippen molar-refractivity contribution < 1.29 is 4.74 Å². The van der Waals surface area contributed by atoms with Crippen molar-refractivity contribution in [3.05, 3.63) is 29.8 Å². The van der Waals surface area contributed by atoms with Crippen LogP contribution in [0.3, 0.4) is 0 Å². The van der Waals surface area contributed by atoms with Gasteiger partial charge in [0.15, 0.2) is 0 Å². The molecule has 0 saturated carbocycles. The van der Waals surface area contributed by atoms with Crippen molar-refractivity contribution >= 4 is 0 Å². The summed E-state index contributed by atoms with van der Waals surface area (Å²) in [5.41, 5.74) is 1.37. The van der Waals surface area contributed by atoms with Crippen LogP contribution in [0.1, 0.15) is 57.4 Å². The van der Waals surface area contributed by atoms with Gasteiger partial charge in [-0.05, 0) is 24.9 Å². The number of hydrogen-bond donors (Lipinski definition) is 1. The van der Waals surface area contributed by atoms with Crippen LogP contribution in [-0.2, 0) is 0 Å². The maximum atomic E-state index is 5.70. The number of ether oxygens (including phenoxy) is 1. The summed E-state index contributed by atoms with van der Waals surface area (Å²) in [5.74, 6) is 2.47. The highest BCUT2D eigenvalue weighted by Gasteiger charge is 2.22. The van der Waals surface area contributed by atoms with Crippen molar-refractivity contribution in [2.75, 3.05) is 19.7 Å². The van der Waals surface area contributed by atoms with Crippen molar-refractivity contribution in [3.8, 4) is 5.75 Å². The van der Waals surface area contributed by atoms with E-state index in [1.807, 2.05) is 6.07 Å². The van der Waals surface area contributed by atoms with Gasteiger partial charge in [0.25, 0.3) is 0 Å². The molecule has 0 aliphatic carbocycles. The molecule has 112 valence electrons. The zero-order chi connectivity index (χ0) is 14.2. The standard InChI is InChI=1S/C18H29NO/c1-15(2)9-5-3-4-8-12-19-13-16-14-20-18-11-7-6-10-17(16)18/h6-7,10-11,15-16,19H,3-5,8-9,12-14H2,1-2H3. The third kappa shape index (κ3) is 4.82. The normalized spacial score (nSPS) is 17.2. The van der Waals surface area contributed by atoms with Gasteiger partial charge in [-0.2, -0.15) is 0 Å². The number of unbranched alkanes of at least 4 members (excludes halogenated alkanes) is 3. The smallest absolute Gasteiger partial charge is 0.122 e. The Morgan fingerprint density at radius 1 is 1.15 bits per heavy atom. The van der Waals surface area contributed by atoms with E-state index in [1.54, 1.807) is 0 Å². The molecule has 1 aliphatic rings. The first-order chi connectivity index (χ1) is 9.77. The van der Waals surface area contributed by atoms with E-state index in [0.717, 1.165) is 31.4 Å². The first-order valence-corrected chi connectivity index (χ1v) is 8.20. The summed E-state index contributed by atoms with van der Waals surface area (Å²) in [4.78, 5) is 0. The number of benzene rings is 1. The Morgan fingerprint density at radius 3 is 2.80 bits per heavy atom. The lowest BCUT2D eigenvalue weighted by Gasteiger charge is -2.10. The molecular formula is C18H29NO. The summed E-state index contributed by atoms with van der Waals surface area (Å²) < 4.78 is 5.70. The van der Waals surface area contributed by atoms with E-state index in [9.17, 15) is 0 Å². The Hall–Kier alpha value is -1.02. The van der Waals surface area contributed by atoms with Crippen LogP contribution in [0.5, 0.6) is 5.75 Å². The average molecular weight is 275 g/mol. The molecule has 0 aromatic heterocycles. The van der Waals surface area contributed by atoms with Gasteiger partial charge in [0, 0.05) is 18.0 Å². The molecule has 0 fully saturated rings. The van der Waals surface area contributed by atoms with E-state index in [0.29, 0.717) is 5.92 Å². The number of nitrogens with one attached hydrogen (secondary N) is 1. The van der Waals surface area contributed by atoms with Gasteiger partial charge in [0.2, 0.25) is 0 Å². The van der Waals surface area contributed by atoms with E-state index in [4.69, 9.17) is 4.74 Å². The van der Waals surface area contributed by atoms with Crippen LogP contribution in [0.2, 0.25) is 0 Å². The van der Waals surface area contributed by atoms with Crippen LogP contribution in [0, 0.1) is 5.92 Å². The van der Waals surface area contributed by atoms with Crippen LogP contribution < -0.4 is 10.1 Å². The molecule has 0 saturated heterocycles. The Morgan fingerprint density at radius 2 is 1.95 bits per heavy atom. The first-order valence-electron chi connectivity index (χ1n) is 8.20. The fraction of sp³-hybridized carbons (Fsp3) is 0.667. The molecule has 1 aliphatic heterocycles. The van der Waals surface area contributed by atoms with Crippen molar-refractivity contribution in [2.24, 2.45) is 5.92 Å². The Labute approximate surface area is 123 Å². The lowest BCUT2D eigenvalue weighted by molar-refractivity contribution is 0.326. The minimum Gasteiger partial charge on any atom is -0.493 e. The van der Waals surface area contributed by atoms with E-state index in [2.05, 4.69) is 37.4 Å². The molecule has 0 radical (unpaired) electrons. The molecular weight excluding hydrogens is 246 g/mol. The second-order valence-corrected chi connectivity index (χ2v) is 6.35. The average Bonchev–Trinajstić information content (AvgIpc) is 2.85. The summed E-state index contributed by atoms with van der Waals surface area (Å²) >= 11 is 0. The lowest BCUT2D eigenvalue weighted by Crippen LogP contribution is -2.23. The van der Waals surface area contributed by atoms with Crippen LogP contribution in [0.4, 0.5) is 0 Å². The molecule has 1 heterocycles. The highest BCUT2D eigenvalue weighted by molar-refractivity contribution is 5.39. The first kappa shape index (κ1) is 15.4. The molecule has 1 N–H and O–H groups in total. The SMILES string of the molecule is CC(C)CCCCCCNCC1COc2ccccc21. The van der Waals surface area contributed by atoms with Crippen LogP contribution in [-0.4, -0.2) is 19.7 Å². The van der Waals surface area contributed by atoms with Gasteiger partial charge in [0.05, 0.1) is 6.61 Å². The van der Waals surface area contributed by atoms with Gasteiger partial charge >= 0.3 is 0 Å². The monoisotopic (exact) mass is 275 g/mol. The molecule has 20 heavy (non-hydrogen) atoms. The maximum absolute atomic E-state index is 5.70. The number of fused-ring (bicyclic) bond motifs is 1. The van der Waals surface area contributed by atoms with Gasteiger partial charge in [-0.25, -0.2) is 0 Å². The third-order valence-corrected chi connectivity index (χ3v) is 4.07. The summed E-state index contributed by atoms with van der Waals surface area (Å²) in [5, 5.41) is 3.59. The predicted molar refractivity (Wildman–Crippen MR) is 85.5 cm³/mol. The maximum Gasteiger partial charge on any atom is 0.122 e. The van der Waals surface area contributed by atoms with Gasteiger partial charge in [-0.3, -0.25) is 0 Å². The molecule has 1 unspecified atom stereocenters. The molecule has 1 aromatic rings. The second kappa shape index (κ2) is 8.31. The van der Waals surface area contributed by atoms with Gasteiger partial charge in [0.1, 0.15) is 5.75 Å². The van der Waals surface area contributed by atoms with Crippen LogP contribution in [0.25, 0.3) is 0 Å². The minimum atomic E-state index is 0.534. The van der Waals surface area contributed by atoms with Crippen molar-refractivity contribution in [2.45, 2.75) is 51.9 Å². The highest BCUT2D eigenvalue weighted by Crippen LogP contribution is 2.32. The largest absolute Gasteiger partial charge is 0.493 e. The molecule has 1 atom stereocenters. The number of rotatable bonds is 9. The summed E-state index contributed by atoms with van der Waals surface area (Å²) in [6.45, 7) is 7.64. The van der Waals surface area contributed by atoms with Gasteiger partial charge in [-0.15, -0.1) is 0 Å². The van der Waals surface area contributed by atoms with Crippen LogP contribution >= 0.6 is 0 Å². The molecule has 0 spiro atoms. The summed E-state index contributed by atoms with van der Waals surface area (Å²) in [6.07, 6.45) is 6.81. The van der Waals surface area contributed by atoms with E-state index in [1.165, 1.54) is 37.7 Å². The third-order valence-electron chi connectivity index (χ3n) is 4.07. The molecule has 2 heteroatoms. The van der Waals surface area contributed by atoms with E-state index < -0.39 is 0 Å². The molecule has 1 aromatic carbocycles. The Kier molecular flexibility index (Phi) is 6.38. The lowest BCUT2D eigenvalue weighted by atomic mass is 10.0. The van der Waals surface area contributed by atoms with E-state index >= 15 is 0 Å². The molecule has 2 rings (SSSR count). The number of para-hydroxylation sites is 1. The molecule has 2 nitrogen and oxygen atoms in total.